The number of carbonyl (C=O) groups is 1. The van der Waals surface area contributed by atoms with E-state index in [2.05, 4.69) is 53.7 Å². The molecule has 0 aromatic rings. The fraction of sp³-hybridized carbons (Fsp3) is 0.839. The predicted molar refractivity (Wildman–Crippen MR) is 138 cm³/mol. The fourth-order valence-electron chi connectivity index (χ4n) is 9.23. The Morgan fingerprint density at radius 2 is 1.88 bits per heavy atom. The van der Waals surface area contributed by atoms with E-state index < -0.39 is 0 Å². The first-order valence-electron chi connectivity index (χ1n) is 14.2. The van der Waals surface area contributed by atoms with Gasteiger partial charge in [0.05, 0.1) is 0 Å². The molecule has 3 fully saturated rings. The Bertz CT molecular complexity index is 791. The van der Waals surface area contributed by atoms with Crippen molar-refractivity contribution in [2.24, 2.45) is 46.3 Å². The molecule has 0 heterocycles. The van der Waals surface area contributed by atoms with Crippen molar-refractivity contribution in [2.45, 2.75) is 119 Å². The molecule has 2 heteroatoms. The van der Waals surface area contributed by atoms with E-state index in [1.54, 1.807) is 18.1 Å². The largest absolute Gasteiger partial charge is 0.462 e. The molecule has 33 heavy (non-hydrogen) atoms. The predicted octanol–water partition coefficient (Wildman–Crippen LogP) is 8.52. The van der Waals surface area contributed by atoms with Crippen molar-refractivity contribution in [3.8, 4) is 0 Å². The molecule has 3 saturated carbocycles. The van der Waals surface area contributed by atoms with Gasteiger partial charge >= 0.3 is 5.97 Å². The lowest BCUT2D eigenvalue weighted by atomic mass is 9.47. The van der Waals surface area contributed by atoms with Gasteiger partial charge in [0.2, 0.25) is 0 Å². The van der Waals surface area contributed by atoms with Gasteiger partial charge in [-0.25, -0.2) is 0 Å². The van der Waals surface area contributed by atoms with Crippen LogP contribution in [0.2, 0.25) is 0 Å². The molecular weight excluding hydrogens is 404 g/mol. The van der Waals surface area contributed by atoms with Crippen LogP contribution < -0.4 is 0 Å². The molecule has 0 radical (unpaired) electrons. The standard InChI is InChI=1S/C31H50O2/c1-8-23(20(2)3)10-9-21(4)27-13-14-28-26-12-11-24-19-25(33-22(5)32)15-17-30(24,6)29(26)16-18-31(27,28)7/h10-11,20-21,25-29H,8-9,12-19H2,1-7H3/b23-10-/t21-,25-,26?,27?,28?,29?,30-,31+/m0/s1. The summed E-state index contributed by atoms with van der Waals surface area (Å²) in [6.45, 7) is 16.3. The second kappa shape index (κ2) is 9.54. The number of carbonyl (C=O) groups excluding carboxylic acids is 1. The number of allylic oxidation sites excluding steroid dienone is 3. The molecule has 0 N–H and O–H groups in total. The van der Waals surface area contributed by atoms with Crippen molar-refractivity contribution in [3.05, 3.63) is 23.3 Å². The zero-order chi connectivity index (χ0) is 24.0. The third-order valence-corrected chi connectivity index (χ3v) is 11.1. The van der Waals surface area contributed by atoms with Gasteiger partial charge in [0.1, 0.15) is 6.10 Å². The van der Waals surface area contributed by atoms with E-state index in [-0.39, 0.29) is 12.1 Å². The summed E-state index contributed by atoms with van der Waals surface area (Å²) in [5.41, 5.74) is 4.11. The quantitative estimate of drug-likeness (QED) is 0.297. The second-order valence-corrected chi connectivity index (χ2v) is 13.0. The monoisotopic (exact) mass is 454 g/mol. The highest BCUT2D eigenvalue weighted by Gasteiger charge is 2.59. The molecule has 4 aliphatic carbocycles. The Morgan fingerprint density at radius 3 is 2.55 bits per heavy atom. The first kappa shape index (κ1) is 25.1. The van der Waals surface area contributed by atoms with E-state index in [4.69, 9.17) is 4.74 Å². The van der Waals surface area contributed by atoms with Gasteiger partial charge in [-0.15, -0.1) is 0 Å². The summed E-state index contributed by atoms with van der Waals surface area (Å²) in [4.78, 5) is 11.5. The first-order chi connectivity index (χ1) is 15.6. The molecule has 0 aromatic carbocycles. The van der Waals surface area contributed by atoms with Crippen LogP contribution in [-0.4, -0.2) is 12.1 Å². The van der Waals surface area contributed by atoms with Crippen molar-refractivity contribution in [3.63, 3.8) is 0 Å². The minimum absolute atomic E-state index is 0.107. The summed E-state index contributed by atoms with van der Waals surface area (Å²) in [5, 5.41) is 0. The van der Waals surface area contributed by atoms with Crippen molar-refractivity contribution in [1.82, 2.24) is 0 Å². The Hall–Kier alpha value is -1.05. The molecule has 2 nitrogen and oxygen atoms in total. The maximum atomic E-state index is 11.5. The summed E-state index contributed by atoms with van der Waals surface area (Å²) in [6, 6.07) is 0. The topological polar surface area (TPSA) is 26.3 Å². The van der Waals surface area contributed by atoms with Crippen LogP contribution in [0.1, 0.15) is 113 Å². The van der Waals surface area contributed by atoms with Crippen LogP contribution >= 0.6 is 0 Å². The number of hydrogen-bond acceptors (Lipinski definition) is 2. The molecular formula is C31H50O2. The van der Waals surface area contributed by atoms with Crippen LogP contribution in [0.15, 0.2) is 23.3 Å². The van der Waals surface area contributed by atoms with Crippen LogP contribution in [0.25, 0.3) is 0 Å². The zero-order valence-electron chi connectivity index (χ0n) is 22.6. The van der Waals surface area contributed by atoms with Crippen LogP contribution in [0, 0.1) is 46.3 Å². The highest BCUT2D eigenvalue weighted by Crippen LogP contribution is 2.67. The van der Waals surface area contributed by atoms with E-state index in [0.29, 0.717) is 16.7 Å². The average Bonchev–Trinajstić information content (AvgIpc) is 3.11. The van der Waals surface area contributed by atoms with Crippen LogP contribution in [0.3, 0.4) is 0 Å². The molecule has 0 amide bonds. The van der Waals surface area contributed by atoms with Crippen molar-refractivity contribution < 1.29 is 9.53 Å². The van der Waals surface area contributed by atoms with E-state index in [9.17, 15) is 4.79 Å². The summed E-state index contributed by atoms with van der Waals surface area (Å²) in [6.07, 6.45) is 17.9. The van der Waals surface area contributed by atoms with E-state index >= 15 is 0 Å². The van der Waals surface area contributed by atoms with Gasteiger partial charge in [0.25, 0.3) is 0 Å². The van der Waals surface area contributed by atoms with Crippen LogP contribution in [0.5, 0.6) is 0 Å². The van der Waals surface area contributed by atoms with Gasteiger partial charge in [-0.05, 0) is 104 Å². The Labute approximate surface area is 204 Å². The summed E-state index contributed by atoms with van der Waals surface area (Å²) in [7, 11) is 0. The van der Waals surface area contributed by atoms with Crippen LogP contribution in [0.4, 0.5) is 0 Å². The van der Waals surface area contributed by atoms with Gasteiger partial charge < -0.3 is 4.74 Å². The summed E-state index contributed by atoms with van der Waals surface area (Å²) >= 11 is 0. The highest BCUT2D eigenvalue weighted by molar-refractivity contribution is 5.66. The first-order valence-corrected chi connectivity index (χ1v) is 14.2. The normalized spacial score (nSPS) is 41.6. The third kappa shape index (κ3) is 4.50. The lowest BCUT2D eigenvalue weighted by Crippen LogP contribution is -2.51. The SMILES string of the molecule is CC/C(=C/C[C@H](C)C1CCC2C3CC=C4C[C@@H](OC(C)=O)CC[C@]4(C)C3CC[C@@]21C)C(C)C. The molecule has 0 aromatic heterocycles. The number of rotatable bonds is 6. The Balaban J connectivity index is 1.49. The molecule has 0 spiro atoms. The van der Waals surface area contributed by atoms with Crippen molar-refractivity contribution in [1.29, 1.82) is 0 Å². The number of esters is 1. The van der Waals surface area contributed by atoms with Crippen molar-refractivity contribution >= 4 is 5.97 Å². The molecule has 186 valence electrons. The molecule has 0 bridgehead atoms. The smallest absolute Gasteiger partial charge is 0.302 e. The minimum Gasteiger partial charge on any atom is -0.462 e. The summed E-state index contributed by atoms with van der Waals surface area (Å²) < 4.78 is 5.63. The zero-order valence-corrected chi connectivity index (χ0v) is 22.6. The van der Waals surface area contributed by atoms with Gasteiger partial charge in [-0.3, -0.25) is 4.79 Å². The van der Waals surface area contributed by atoms with E-state index in [0.717, 1.165) is 42.4 Å². The minimum atomic E-state index is -0.119. The van der Waals surface area contributed by atoms with Gasteiger partial charge in [0, 0.05) is 13.3 Å². The molecule has 0 aliphatic heterocycles. The van der Waals surface area contributed by atoms with E-state index in [1.807, 2.05) is 0 Å². The fourth-order valence-corrected chi connectivity index (χ4v) is 9.23. The number of ether oxygens (including phenoxy) is 1. The van der Waals surface area contributed by atoms with Gasteiger partial charge in [-0.2, -0.15) is 0 Å². The number of fused-ring (bicyclic) bond motifs is 5. The third-order valence-electron chi connectivity index (χ3n) is 11.1. The Kier molecular flexibility index (Phi) is 7.24. The summed E-state index contributed by atoms with van der Waals surface area (Å²) in [5.74, 6) is 4.82. The van der Waals surface area contributed by atoms with E-state index in [1.165, 1.54) is 51.4 Å². The number of hydrogen-bond donors (Lipinski definition) is 0. The lowest BCUT2D eigenvalue weighted by Gasteiger charge is -2.58. The van der Waals surface area contributed by atoms with Crippen LogP contribution in [-0.2, 0) is 9.53 Å². The highest BCUT2D eigenvalue weighted by atomic mass is 16.5. The lowest BCUT2D eigenvalue weighted by molar-refractivity contribution is -0.148. The molecule has 4 rings (SSSR count). The molecule has 8 atom stereocenters. The second-order valence-electron chi connectivity index (χ2n) is 13.0. The van der Waals surface area contributed by atoms with Crippen molar-refractivity contribution in [2.75, 3.05) is 0 Å². The Morgan fingerprint density at radius 1 is 1.12 bits per heavy atom. The maximum absolute atomic E-state index is 11.5. The molecule has 0 saturated heterocycles. The maximum Gasteiger partial charge on any atom is 0.302 e. The average molecular weight is 455 g/mol. The molecule has 4 aliphatic rings. The molecule has 4 unspecified atom stereocenters. The van der Waals surface area contributed by atoms with Gasteiger partial charge in [0.15, 0.2) is 0 Å². The van der Waals surface area contributed by atoms with Gasteiger partial charge in [-0.1, -0.05) is 64.8 Å².